The summed E-state index contributed by atoms with van der Waals surface area (Å²) < 4.78 is 22.8. The van der Waals surface area contributed by atoms with Gasteiger partial charge < -0.3 is 18.9 Å². The van der Waals surface area contributed by atoms with Crippen LogP contribution in [0.4, 0.5) is 0 Å². The maximum absolute atomic E-state index is 11.9. The maximum Gasteiger partial charge on any atom is 0.334 e. The maximum atomic E-state index is 11.9. The molecule has 0 radical (unpaired) electrons. The van der Waals surface area contributed by atoms with Crippen LogP contribution in [0.3, 0.4) is 0 Å². The Kier molecular flexibility index (Phi) is 4.17. The van der Waals surface area contributed by atoms with E-state index in [-0.39, 0.29) is 18.3 Å². The minimum atomic E-state index is -0.689. The van der Waals surface area contributed by atoms with E-state index in [4.69, 9.17) is 18.9 Å². The zero-order valence-electron chi connectivity index (χ0n) is 13.5. The Bertz CT molecular complexity index is 470. The van der Waals surface area contributed by atoms with Crippen molar-refractivity contribution < 1.29 is 23.7 Å². The van der Waals surface area contributed by atoms with Gasteiger partial charge >= 0.3 is 5.97 Å². The van der Waals surface area contributed by atoms with E-state index in [1.54, 1.807) is 0 Å². The summed E-state index contributed by atoms with van der Waals surface area (Å²) in [6.07, 6.45) is 4.27. The van der Waals surface area contributed by atoms with Crippen LogP contribution in [0.2, 0.25) is 0 Å². The Morgan fingerprint density at radius 1 is 1.29 bits per heavy atom. The summed E-state index contributed by atoms with van der Waals surface area (Å²) in [6, 6.07) is 0. The van der Waals surface area contributed by atoms with Crippen molar-refractivity contribution in [3.05, 3.63) is 24.0 Å². The van der Waals surface area contributed by atoms with Crippen molar-refractivity contribution in [1.82, 2.24) is 0 Å². The average Bonchev–Trinajstić information content (AvgIpc) is 2.73. The zero-order chi connectivity index (χ0) is 15.8. The van der Waals surface area contributed by atoms with Crippen LogP contribution in [0, 0.1) is 0 Å². The third-order valence-electron chi connectivity index (χ3n) is 3.05. The molecule has 0 unspecified atom stereocenters. The molecule has 0 aromatic carbocycles. The molecule has 0 saturated carbocycles. The summed E-state index contributed by atoms with van der Waals surface area (Å²) in [5.74, 6) is -0.667. The molecule has 2 heterocycles. The molecule has 0 amide bonds. The molecule has 2 saturated heterocycles. The second kappa shape index (κ2) is 5.46. The molecule has 2 aliphatic rings. The van der Waals surface area contributed by atoms with E-state index in [0.717, 1.165) is 0 Å². The lowest BCUT2D eigenvalue weighted by atomic mass is 10.1. The predicted molar refractivity (Wildman–Crippen MR) is 77.4 cm³/mol. The Hall–Kier alpha value is -1.33. The number of carbonyl (C=O) groups is 1. The van der Waals surface area contributed by atoms with Gasteiger partial charge in [-0.15, -0.1) is 0 Å². The molecular formula is C16H24O5. The molecule has 0 aliphatic carbocycles. The molecule has 3 atom stereocenters. The molecule has 5 heteroatoms. The highest BCUT2D eigenvalue weighted by Crippen LogP contribution is 2.41. The number of ether oxygens (including phenoxy) is 4. The summed E-state index contributed by atoms with van der Waals surface area (Å²) >= 11 is 0. The van der Waals surface area contributed by atoms with Crippen LogP contribution in [0.15, 0.2) is 24.0 Å². The van der Waals surface area contributed by atoms with Crippen molar-refractivity contribution in [3.63, 3.8) is 0 Å². The zero-order valence-corrected chi connectivity index (χ0v) is 13.5. The lowest BCUT2D eigenvalue weighted by molar-refractivity contribution is -0.163. The Labute approximate surface area is 125 Å². The SMILES string of the molecule is C/C=C/[C@H]1O/C(=C\C(=O)OC(C)(C)C)[C@H]2OC(C)(C)O[C@H]21. The monoisotopic (exact) mass is 296 g/mol. The van der Waals surface area contributed by atoms with E-state index in [0.29, 0.717) is 5.76 Å². The molecule has 0 aromatic heterocycles. The fourth-order valence-corrected chi connectivity index (χ4v) is 2.44. The van der Waals surface area contributed by atoms with Crippen molar-refractivity contribution in [2.24, 2.45) is 0 Å². The number of hydrogen-bond donors (Lipinski definition) is 0. The highest BCUT2D eigenvalue weighted by molar-refractivity contribution is 5.83. The molecule has 21 heavy (non-hydrogen) atoms. The van der Waals surface area contributed by atoms with Gasteiger partial charge in [0.2, 0.25) is 0 Å². The molecule has 2 rings (SSSR count). The number of hydrogen-bond acceptors (Lipinski definition) is 5. The van der Waals surface area contributed by atoms with Crippen LogP contribution >= 0.6 is 0 Å². The van der Waals surface area contributed by atoms with Gasteiger partial charge in [0.05, 0.1) is 6.08 Å². The third kappa shape index (κ3) is 3.86. The van der Waals surface area contributed by atoms with Gasteiger partial charge in [-0.3, -0.25) is 0 Å². The fourth-order valence-electron chi connectivity index (χ4n) is 2.44. The van der Waals surface area contributed by atoms with Crippen LogP contribution in [-0.4, -0.2) is 35.7 Å². The van der Waals surface area contributed by atoms with E-state index in [2.05, 4.69) is 0 Å². The molecule has 0 N–H and O–H groups in total. The standard InChI is InChI=1S/C16H24O5/c1-7-8-10-13-14(21-16(5,6)20-13)11(18-10)9-12(17)19-15(2,3)4/h7-10,13-14H,1-6H3/b8-7+,11-9-/t10-,13+,14-/m1/s1. The summed E-state index contributed by atoms with van der Waals surface area (Å²) in [4.78, 5) is 11.9. The fraction of sp³-hybridized carbons (Fsp3) is 0.688. The summed E-state index contributed by atoms with van der Waals surface area (Å²) in [5, 5.41) is 0. The van der Waals surface area contributed by atoms with E-state index in [1.807, 2.05) is 53.7 Å². The first-order valence-corrected chi connectivity index (χ1v) is 7.21. The predicted octanol–water partition coefficient (Wildman–Crippen LogP) is 2.71. The molecule has 0 spiro atoms. The summed E-state index contributed by atoms with van der Waals surface area (Å²) in [7, 11) is 0. The first-order chi connectivity index (χ1) is 9.61. The van der Waals surface area contributed by atoms with Crippen LogP contribution in [-0.2, 0) is 23.7 Å². The lowest BCUT2D eigenvalue weighted by Gasteiger charge is -2.21. The van der Waals surface area contributed by atoms with Crippen LogP contribution < -0.4 is 0 Å². The molecule has 2 aliphatic heterocycles. The van der Waals surface area contributed by atoms with Crippen molar-refractivity contribution in [3.8, 4) is 0 Å². The number of fused-ring (bicyclic) bond motifs is 1. The number of carbonyl (C=O) groups excluding carboxylic acids is 1. The van der Waals surface area contributed by atoms with Gasteiger partial charge in [0.1, 0.15) is 29.7 Å². The molecule has 2 fully saturated rings. The number of esters is 1. The quantitative estimate of drug-likeness (QED) is 0.445. The van der Waals surface area contributed by atoms with Crippen LogP contribution in [0.1, 0.15) is 41.5 Å². The summed E-state index contributed by atoms with van der Waals surface area (Å²) in [5.41, 5.74) is -0.541. The smallest absolute Gasteiger partial charge is 0.334 e. The van der Waals surface area contributed by atoms with Gasteiger partial charge in [-0.1, -0.05) is 6.08 Å². The third-order valence-corrected chi connectivity index (χ3v) is 3.05. The van der Waals surface area contributed by atoms with Gasteiger partial charge in [-0.25, -0.2) is 4.79 Å². The van der Waals surface area contributed by atoms with E-state index >= 15 is 0 Å². The van der Waals surface area contributed by atoms with E-state index < -0.39 is 17.4 Å². The van der Waals surface area contributed by atoms with Crippen molar-refractivity contribution in [2.75, 3.05) is 0 Å². The molecule has 5 nitrogen and oxygen atoms in total. The van der Waals surface area contributed by atoms with Gasteiger partial charge in [0.15, 0.2) is 5.79 Å². The van der Waals surface area contributed by atoms with E-state index in [1.165, 1.54) is 6.08 Å². The highest BCUT2D eigenvalue weighted by Gasteiger charge is 2.52. The van der Waals surface area contributed by atoms with Gasteiger partial charge in [0, 0.05) is 0 Å². The molecule has 0 bridgehead atoms. The van der Waals surface area contributed by atoms with E-state index in [9.17, 15) is 4.79 Å². The van der Waals surface area contributed by atoms with Crippen molar-refractivity contribution >= 4 is 5.97 Å². The van der Waals surface area contributed by atoms with Gasteiger partial charge in [0.25, 0.3) is 0 Å². The largest absolute Gasteiger partial charge is 0.485 e. The highest BCUT2D eigenvalue weighted by atomic mass is 16.8. The van der Waals surface area contributed by atoms with Crippen molar-refractivity contribution in [1.29, 1.82) is 0 Å². The van der Waals surface area contributed by atoms with Crippen LogP contribution in [0.25, 0.3) is 0 Å². The Morgan fingerprint density at radius 2 is 1.95 bits per heavy atom. The average molecular weight is 296 g/mol. The lowest BCUT2D eigenvalue weighted by Crippen LogP contribution is -2.28. The Morgan fingerprint density at radius 3 is 2.52 bits per heavy atom. The topological polar surface area (TPSA) is 54.0 Å². The van der Waals surface area contributed by atoms with Crippen LogP contribution in [0.5, 0.6) is 0 Å². The first kappa shape index (κ1) is 16.0. The molecule has 118 valence electrons. The number of rotatable bonds is 2. The summed E-state index contributed by atoms with van der Waals surface area (Å²) in [6.45, 7) is 11.1. The minimum absolute atomic E-state index is 0.245. The van der Waals surface area contributed by atoms with Crippen molar-refractivity contribution in [2.45, 2.75) is 71.2 Å². The first-order valence-electron chi connectivity index (χ1n) is 7.21. The van der Waals surface area contributed by atoms with Gasteiger partial charge in [-0.05, 0) is 47.6 Å². The molecular weight excluding hydrogens is 272 g/mol. The second-order valence-electron chi connectivity index (χ2n) is 6.71. The normalized spacial score (nSPS) is 33.2. The van der Waals surface area contributed by atoms with Gasteiger partial charge in [-0.2, -0.15) is 0 Å². The molecule has 0 aromatic rings. The second-order valence-corrected chi connectivity index (χ2v) is 6.71. The minimum Gasteiger partial charge on any atom is -0.485 e. The number of allylic oxidation sites excluding steroid dienone is 1. The Balaban J connectivity index is 2.18.